The lowest BCUT2D eigenvalue weighted by atomic mass is 10.00. The Balaban J connectivity index is 1.57. The van der Waals surface area contributed by atoms with E-state index in [1.807, 2.05) is 63.2 Å². The third-order valence-corrected chi connectivity index (χ3v) is 8.59. The number of benzene rings is 2. The highest BCUT2D eigenvalue weighted by Gasteiger charge is 2.58. The fourth-order valence-electron chi connectivity index (χ4n) is 5.00. The van der Waals surface area contributed by atoms with Gasteiger partial charge >= 0.3 is 0 Å². The number of sulfonamides is 1. The van der Waals surface area contributed by atoms with Gasteiger partial charge in [-0.3, -0.25) is 14.7 Å². The molecule has 6 rings (SSSR count). The van der Waals surface area contributed by atoms with Crippen LogP contribution in [-0.4, -0.2) is 79.8 Å². The number of anilines is 1. The molecule has 4 saturated heterocycles. The summed E-state index contributed by atoms with van der Waals surface area (Å²) in [6, 6.07) is 13.9. The van der Waals surface area contributed by atoms with Crippen LogP contribution in [0.4, 0.5) is 5.69 Å². The van der Waals surface area contributed by atoms with E-state index in [-0.39, 0.29) is 6.73 Å². The second-order valence-electron chi connectivity index (χ2n) is 9.86. The summed E-state index contributed by atoms with van der Waals surface area (Å²) < 4.78 is 35.1. The summed E-state index contributed by atoms with van der Waals surface area (Å²) in [6.07, 6.45) is 0. The molecule has 8 heteroatoms. The van der Waals surface area contributed by atoms with Crippen molar-refractivity contribution in [3.63, 3.8) is 0 Å². The monoisotopic (exact) mass is 430 g/mol. The maximum atomic E-state index is 14.2. The summed E-state index contributed by atoms with van der Waals surface area (Å²) in [5, 5.41) is 2.11. The van der Waals surface area contributed by atoms with E-state index in [0.717, 1.165) is 30.8 Å². The van der Waals surface area contributed by atoms with E-state index in [9.17, 15) is 8.42 Å². The molecule has 2 aromatic carbocycles. The van der Waals surface area contributed by atoms with Gasteiger partial charge < -0.3 is 4.74 Å². The number of rotatable bonds is 5. The molecule has 4 heterocycles. The van der Waals surface area contributed by atoms with Gasteiger partial charge in [-0.25, -0.2) is 12.7 Å². The summed E-state index contributed by atoms with van der Waals surface area (Å²) in [5.74, 6) is 0. The second kappa shape index (κ2) is 6.90. The largest absolute Gasteiger partial charge is 0.354 e. The van der Waals surface area contributed by atoms with Crippen molar-refractivity contribution in [2.45, 2.75) is 31.1 Å². The van der Waals surface area contributed by atoms with E-state index in [2.05, 4.69) is 14.7 Å². The fourth-order valence-corrected chi connectivity index (χ4v) is 7.09. The van der Waals surface area contributed by atoms with Crippen molar-refractivity contribution in [3.8, 4) is 0 Å². The van der Waals surface area contributed by atoms with Gasteiger partial charge in [0.2, 0.25) is 10.0 Å². The molecule has 0 atom stereocenters. The first kappa shape index (κ1) is 20.2. The van der Waals surface area contributed by atoms with Crippen molar-refractivity contribution in [3.05, 3.63) is 42.5 Å². The van der Waals surface area contributed by atoms with Crippen LogP contribution in [0.5, 0.6) is 0 Å². The molecule has 2 aromatic rings. The van der Waals surface area contributed by atoms with Crippen LogP contribution in [0.3, 0.4) is 0 Å². The Morgan fingerprint density at radius 2 is 1.50 bits per heavy atom. The van der Waals surface area contributed by atoms with Gasteiger partial charge in [-0.2, -0.15) is 0 Å². The predicted octanol–water partition coefficient (Wildman–Crippen LogP) is 2.31. The van der Waals surface area contributed by atoms with Crippen molar-refractivity contribution >= 4 is 26.5 Å². The Kier molecular flexibility index (Phi) is 4.65. The van der Waals surface area contributed by atoms with E-state index >= 15 is 0 Å². The number of hydrogen-bond acceptors (Lipinski definition) is 6. The molecule has 4 aliphatic rings. The van der Waals surface area contributed by atoms with Crippen LogP contribution in [0.2, 0.25) is 0 Å². The molecule has 4 fully saturated rings. The first-order chi connectivity index (χ1) is 14.2. The molecule has 4 bridgehead atoms. The van der Waals surface area contributed by atoms with Crippen LogP contribution >= 0.6 is 0 Å². The SMILES string of the molecule is CC(C)(C)OCN(c1ccc2ccccc2c1)S(=O)(=O)C12CN3CN(CN(C3)C1)C2. The molecule has 30 heavy (non-hydrogen) atoms. The zero-order valence-corrected chi connectivity index (χ0v) is 18.7. The molecular formula is C22H30N4O3S. The van der Waals surface area contributed by atoms with Gasteiger partial charge in [0.05, 0.1) is 31.3 Å². The lowest BCUT2D eigenvalue weighted by molar-refractivity contribution is -0.120. The molecule has 162 valence electrons. The van der Waals surface area contributed by atoms with E-state index in [0.29, 0.717) is 25.3 Å². The van der Waals surface area contributed by atoms with Crippen LogP contribution in [0.1, 0.15) is 20.8 Å². The van der Waals surface area contributed by atoms with Crippen molar-refractivity contribution in [2.75, 3.05) is 50.7 Å². The predicted molar refractivity (Wildman–Crippen MR) is 119 cm³/mol. The number of nitrogens with zero attached hydrogens (tertiary/aromatic N) is 4. The maximum absolute atomic E-state index is 14.2. The summed E-state index contributed by atoms with van der Waals surface area (Å²) in [6.45, 7) is 10.1. The molecule has 0 spiro atoms. The Morgan fingerprint density at radius 3 is 2.07 bits per heavy atom. The zero-order valence-electron chi connectivity index (χ0n) is 17.9. The third-order valence-electron chi connectivity index (χ3n) is 6.21. The first-order valence-corrected chi connectivity index (χ1v) is 11.9. The topological polar surface area (TPSA) is 56.3 Å². The second-order valence-corrected chi connectivity index (χ2v) is 12.1. The Bertz CT molecular complexity index is 1030. The Morgan fingerprint density at radius 1 is 0.933 bits per heavy atom. The van der Waals surface area contributed by atoms with Gasteiger partial charge in [0.15, 0.2) is 0 Å². The molecule has 0 radical (unpaired) electrons. The Hall–Kier alpha value is -1.71. The highest BCUT2D eigenvalue weighted by molar-refractivity contribution is 7.94. The van der Waals surface area contributed by atoms with Crippen molar-refractivity contribution in [2.24, 2.45) is 0 Å². The number of hydrogen-bond donors (Lipinski definition) is 0. The Labute approximate surface area is 178 Å². The minimum absolute atomic E-state index is 0.00588. The molecule has 0 amide bonds. The average molecular weight is 431 g/mol. The van der Waals surface area contributed by atoms with Crippen molar-refractivity contribution in [1.29, 1.82) is 0 Å². The summed E-state index contributed by atoms with van der Waals surface area (Å²) in [4.78, 5) is 6.70. The lowest BCUT2D eigenvalue weighted by Gasteiger charge is -2.60. The van der Waals surface area contributed by atoms with Crippen LogP contribution in [0.25, 0.3) is 10.8 Å². The van der Waals surface area contributed by atoms with Gasteiger partial charge in [-0.15, -0.1) is 0 Å². The number of fused-ring (bicyclic) bond motifs is 1. The molecule has 0 aliphatic carbocycles. The molecule has 7 nitrogen and oxygen atoms in total. The fraction of sp³-hybridized carbons (Fsp3) is 0.545. The molecule has 0 unspecified atom stereocenters. The van der Waals surface area contributed by atoms with Crippen LogP contribution in [-0.2, 0) is 14.8 Å². The number of ether oxygens (including phenoxy) is 1. The minimum atomic E-state index is -3.68. The summed E-state index contributed by atoms with van der Waals surface area (Å²) >= 11 is 0. The normalized spacial score (nSPS) is 30.7. The van der Waals surface area contributed by atoms with Crippen LogP contribution < -0.4 is 4.31 Å². The summed E-state index contributed by atoms with van der Waals surface area (Å²) in [7, 11) is -3.68. The highest BCUT2D eigenvalue weighted by Crippen LogP contribution is 2.38. The standard InChI is InChI=1S/C22H30N4O3S/c1-21(2,3)29-17-26(20-9-8-18-6-4-5-7-19(18)10-20)30(27,28)22-11-23-14-24(12-22)16-25(13-22)15-23/h4-10H,11-17H2,1-3H3. The smallest absolute Gasteiger partial charge is 0.246 e. The first-order valence-electron chi connectivity index (χ1n) is 10.5. The van der Waals surface area contributed by atoms with Crippen molar-refractivity contribution < 1.29 is 13.2 Å². The van der Waals surface area contributed by atoms with Gasteiger partial charge in [-0.05, 0) is 43.7 Å². The van der Waals surface area contributed by atoms with Crippen LogP contribution in [0, 0.1) is 0 Å². The molecular weight excluding hydrogens is 400 g/mol. The van der Waals surface area contributed by atoms with Crippen LogP contribution in [0.15, 0.2) is 42.5 Å². The molecule has 0 N–H and O–H groups in total. The van der Waals surface area contributed by atoms with Crippen molar-refractivity contribution in [1.82, 2.24) is 14.7 Å². The van der Waals surface area contributed by atoms with E-state index in [4.69, 9.17) is 4.74 Å². The average Bonchev–Trinajstić information content (AvgIpc) is 2.66. The summed E-state index contributed by atoms with van der Waals surface area (Å²) in [5.41, 5.74) is 0.219. The van der Waals surface area contributed by atoms with Gasteiger partial charge in [0.25, 0.3) is 0 Å². The zero-order chi connectivity index (χ0) is 21.1. The molecule has 0 aromatic heterocycles. The maximum Gasteiger partial charge on any atom is 0.246 e. The van der Waals surface area contributed by atoms with E-state index in [1.54, 1.807) is 0 Å². The molecule has 0 saturated carbocycles. The van der Waals surface area contributed by atoms with Gasteiger partial charge in [-0.1, -0.05) is 30.3 Å². The van der Waals surface area contributed by atoms with Gasteiger partial charge in [0, 0.05) is 19.6 Å². The quantitative estimate of drug-likeness (QED) is 0.679. The molecule has 4 aliphatic heterocycles. The lowest BCUT2D eigenvalue weighted by Crippen LogP contribution is -2.79. The van der Waals surface area contributed by atoms with Gasteiger partial charge in [0.1, 0.15) is 11.5 Å². The van der Waals surface area contributed by atoms with E-state index < -0.39 is 20.4 Å². The minimum Gasteiger partial charge on any atom is -0.354 e. The van der Waals surface area contributed by atoms with E-state index in [1.165, 1.54) is 4.31 Å². The third kappa shape index (κ3) is 3.40. The highest BCUT2D eigenvalue weighted by atomic mass is 32.2.